The smallest absolute Gasteiger partial charge is 0.169 e. The van der Waals surface area contributed by atoms with Crippen LogP contribution in [0.15, 0.2) is 35.2 Å². The Morgan fingerprint density at radius 1 is 1.23 bits per heavy atom. The summed E-state index contributed by atoms with van der Waals surface area (Å²) in [6.45, 7) is 0. The highest BCUT2D eigenvalue weighted by Gasteiger charge is 2.27. The van der Waals surface area contributed by atoms with E-state index in [-0.39, 0.29) is 5.78 Å². The maximum atomic E-state index is 11.3. The Morgan fingerprint density at radius 2 is 1.92 bits per heavy atom. The fourth-order valence-electron chi connectivity index (χ4n) is 1.47. The van der Waals surface area contributed by atoms with E-state index in [0.29, 0.717) is 6.42 Å². The molecule has 1 aromatic carbocycles. The minimum Gasteiger partial charge on any atom is -0.294 e. The zero-order valence-corrected chi connectivity index (χ0v) is 8.23. The van der Waals surface area contributed by atoms with Crippen molar-refractivity contribution in [3.05, 3.63) is 40.8 Å². The van der Waals surface area contributed by atoms with E-state index >= 15 is 0 Å². The van der Waals surface area contributed by atoms with E-state index in [1.807, 2.05) is 36.6 Å². The molecular weight excluding hydrogens is 180 g/mol. The highest BCUT2D eigenvalue weighted by atomic mass is 32.2. The maximum absolute atomic E-state index is 11.3. The summed E-state index contributed by atoms with van der Waals surface area (Å²) in [5, 5.41) is 0. The van der Waals surface area contributed by atoms with Gasteiger partial charge in [-0.05, 0) is 11.8 Å². The van der Waals surface area contributed by atoms with Crippen LogP contribution in [-0.4, -0.2) is 12.0 Å². The van der Waals surface area contributed by atoms with Gasteiger partial charge in [-0.25, -0.2) is 0 Å². The van der Waals surface area contributed by atoms with Crippen LogP contribution < -0.4 is 0 Å². The third-order valence-electron chi connectivity index (χ3n) is 2.19. The lowest BCUT2D eigenvalue weighted by Gasteiger charge is -2.20. The number of Topliss-reactive ketones (excluding diaryl/α,β-unsaturated/α-hetero) is 1. The number of allylic oxidation sites excluding steroid dienone is 2. The number of carbonyl (C=O) groups excluding carboxylic acids is 1. The summed E-state index contributed by atoms with van der Waals surface area (Å²) in [6.07, 6.45) is 2.65. The molecule has 0 N–H and O–H groups in total. The van der Waals surface area contributed by atoms with Gasteiger partial charge in [0.05, 0.1) is 0 Å². The zero-order chi connectivity index (χ0) is 9.26. The van der Waals surface area contributed by atoms with Crippen molar-refractivity contribution in [2.24, 2.45) is 0 Å². The summed E-state index contributed by atoms with van der Waals surface area (Å²) >= 11 is 1.68. The Bertz CT molecular complexity index is 365. The summed E-state index contributed by atoms with van der Waals surface area (Å²) in [6, 6.07) is 9.87. The lowest BCUT2D eigenvalue weighted by atomic mass is 9.90. The van der Waals surface area contributed by atoms with Gasteiger partial charge in [-0.3, -0.25) is 4.79 Å². The summed E-state index contributed by atoms with van der Waals surface area (Å²) in [5.74, 6) is 0.274. The van der Waals surface area contributed by atoms with Gasteiger partial charge in [-0.15, -0.1) is 11.8 Å². The van der Waals surface area contributed by atoms with E-state index in [0.717, 1.165) is 11.1 Å². The zero-order valence-electron chi connectivity index (χ0n) is 7.41. The second-order valence-electron chi connectivity index (χ2n) is 2.97. The van der Waals surface area contributed by atoms with Gasteiger partial charge in [0.25, 0.3) is 0 Å². The molecule has 1 aliphatic rings. The number of hydrogen-bond acceptors (Lipinski definition) is 2. The van der Waals surface area contributed by atoms with E-state index in [9.17, 15) is 4.79 Å². The summed E-state index contributed by atoms with van der Waals surface area (Å²) in [5.41, 5.74) is 1.98. The molecule has 0 aromatic heterocycles. The molecule has 0 atom stereocenters. The van der Waals surface area contributed by atoms with Crippen molar-refractivity contribution >= 4 is 23.1 Å². The number of carbonyl (C=O) groups is 1. The van der Waals surface area contributed by atoms with Gasteiger partial charge >= 0.3 is 0 Å². The molecule has 0 saturated carbocycles. The topological polar surface area (TPSA) is 17.1 Å². The van der Waals surface area contributed by atoms with Gasteiger partial charge in [0.2, 0.25) is 0 Å². The molecule has 66 valence electrons. The lowest BCUT2D eigenvalue weighted by Crippen LogP contribution is -2.14. The van der Waals surface area contributed by atoms with Crippen molar-refractivity contribution in [1.82, 2.24) is 0 Å². The third kappa shape index (κ3) is 1.42. The molecule has 13 heavy (non-hydrogen) atoms. The van der Waals surface area contributed by atoms with Crippen LogP contribution in [0.5, 0.6) is 0 Å². The van der Waals surface area contributed by atoms with E-state index in [1.165, 1.54) is 4.91 Å². The molecular formula is C11H10OS. The molecule has 0 aliphatic heterocycles. The average Bonchev–Trinajstić information content (AvgIpc) is 2.15. The molecule has 1 aliphatic carbocycles. The van der Waals surface area contributed by atoms with E-state index in [4.69, 9.17) is 0 Å². The SMILES string of the molecule is CSC1=C(c2ccccc2)C(=O)C1. The minimum atomic E-state index is 0.274. The molecule has 0 fully saturated rings. The van der Waals surface area contributed by atoms with E-state index < -0.39 is 0 Å². The van der Waals surface area contributed by atoms with Crippen LogP contribution in [-0.2, 0) is 4.79 Å². The van der Waals surface area contributed by atoms with Crippen molar-refractivity contribution < 1.29 is 4.79 Å². The third-order valence-corrected chi connectivity index (χ3v) is 3.03. The molecule has 0 heterocycles. The second kappa shape index (κ2) is 3.38. The Balaban J connectivity index is 2.42. The average molecular weight is 190 g/mol. The number of rotatable bonds is 2. The van der Waals surface area contributed by atoms with Gasteiger partial charge in [0, 0.05) is 16.9 Å². The molecule has 0 amide bonds. The number of hydrogen-bond donors (Lipinski definition) is 0. The number of ketones is 1. The highest BCUT2D eigenvalue weighted by molar-refractivity contribution is 8.02. The molecule has 0 spiro atoms. The van der Waals surface area contributed by atoms with Crippen LogP contribution in [0.4, 0.5) is 0 Å². The van der Waals surface area contributed by atoms with Crippen LogP contribution in [0, 0.1) is 0 Å². The van der Waals surface area contributed by atoms with Crippen LogP contribution in [0.25, 0.3) is 5.57 Å². The fraction of sp³-hybridized carbons (Fsp3) is 0.182. The first kappa shape index (κ1) is 8.57. The molecule has 0 bridgehead atoms. The van der Waals surface area contributed by atoms with E-state index in [1.54, 1.807) is 11.8 Å². The van der Waals surface area contributed by atoms with Crippen molar-refractivity contribution in [3.63, 3.8) is 0 Å². The Morgan fingerprint density at radius 3 is 2.46 bits per heavy atom. The molecule has 0 unspecified atom stereocenters. The van der Waals surface area contributed by atoms with Crippen LogP contribution in [0.2, 0.25) is 0 Å². The summed E-state index contributed by atoms with van der Waals surface area (Å²) in [4.78, 5) is 12.5. The van der Waals surface area contributed by atoms with Gasteiger partial charge in [0.1, 0.15) is 0 Å². The Hall–Kier alpha value is -1.02. The van der Waals surface area contributed by atoms with E-state index in [2.05, 4.69) is 0 Å². The van der Waals surface area contributed by atoms with Crippen molar-refractivity contribution in [1.29, 1.82) is 0 Å². The first-order valence-corrected chi connectivity index (χ1v) is 5.41. The van der Waals surface area contributed by atoms with Crippen LogP contribution in [0.3, 0.4) is 0 Å². The quantitative estimate of drug-likeness (QED) is 0.713. The van der Waals surface area contributed by atoms with Crippen LogP contribution >= 0.6 is 11.8 Å². The maximum Gasteiger partial charge on any atom is 0.169 e. The number of benzene rings is 1. The Kier molecular flexibility index (Phi) is 2.23. The Labute approximate surface area is 81.8 Å². The van der Waals surface area contributed by atoms with Gasteiger partial charge in [-0.2, -0.15) is 0 Å². The van der Waals surface area contributed by atoms with Crippen molar-refractivity contribution in [2.75, 3.05) is 6.26 Å². The van der Waals surface area contributed by atoms with Gasteiger partial charge < -0.3 is 0 Å². The number of thioether (sulfide) groups is 1. The largest absolute Gasteiger partial charge is 0.294 e. The minimum absolute atomic E-state index is 0.274. The fourth-order valence-corrected chi connectivity index (χ4v) is 2.18. The molecule has 0 saturated heterocycles. The molecule has 0 radical (unpaired) electrons. The summed E-state index contributed by atoms with van der Waals surface area (Å²) < 4.78 is 0. The van der Waals surface area contributed by atoms with Crippen molar-refractivity contribution in [2.45, 2.75) is 6.42 Å². The lowest BCUT2D eigenvalue weighted by molar-refractivity contribution is -0.114. The van der Waals surface area contributed by atoms with Crippen molar-refractivity contribution in [3.8, 4) is 0 Å². The first-order valence-electron chi connectivity index (χ1n) is 4.18. The predicted molar refractivity (Wildman–Crippen MR) is 56.5 cm³/mol. The van der Waals surface area contributed by atoms with Gasteiger partial charge in [-0.1, -0.05) is 30.3 Å². The standard InChI is InChI=1S/C11H10OS/c1-13-10-7-9(12)11(10)8-5-3-2-4-6-8/h2-6H,7H2,1H3. The monoisotopic (exact) mass is 190 g/mol. The first-order chi connectivity index (χ1) is 6.33. The summed E-state index contributed by atoms with van der Waals surface area (Å²) in [7, 11) is 0. The second-order valence-corrected chi connectivity index (χ2v) is 3.87. The molecule has 2 heteroatoms. The highest BCUT2D eigenvalue weighted by Crippen LogP contribution is 2.38. The molecule has 1 nitrogen and oxygen atoms in total. The molecule has 2 rings (SSSR count). The normalized spacial score (nSPS) is 15.9. The predicted octanol–water partition coefficient (Wildman–Crippen LogP) is 2.73. The van der Waals surface area contributed by atoms with Crippen LogP contribution in [0.1, 0.15) is 12.0 Å². The van der Waals surface area contributed by atoms with Gasteiger partial charge in [0.15, 0.2) is 5.78 Å². The molecule has 1 aromatic rings.